The average Bonchev–Trinajstić information content (AvgIpc) is 3.39. The highest BCUT2D eigenvalue weighted by Gasteiger charge is 2.23. The van der Waals surface area contributed by atoms with Gasteiger partial charge in [0.15, 0.2) is 17.8 Å². The topological polar surface area (TPSA) is 81.7 Å². The van der Waals surface area contributed by atoms with Gasteiger partial charge in [0.1, 0.15) is 0 Å². The van der Waals surface area contributed by atoms with E-state index in [0.29, 0.717) is 6.04 Å². The van der Waals surface area contributed by atoms with Crippen molar-refractivity contribution in [2.45, 2.75) is 32.1 Å². The molecule has 3 aromatic rings. The highest BCUT2D eigenvalue weighted by atomic mass is 16.7. The monoisotopic (exact) mass is 385 g/mol. The molecule has 0 atom stereocenters. The molecule has 1 N–H and O–H groups in total. The van der Waals surface area contributed by atoms with Gasteiger partial charge in [0.25, 0.3) is 0 Å². The van der Waals surface area contributed by atoms with Gasteiger partial charge in [-0.2, -0.15) is 5.10 Å². The quantitative estimate of drug-likeness (QED) is 0.625. The number of hydrogen-bond acceptors (Lipinski definition) is 7. The summed E-state index contributed by atoms with van der Waals surface area (Å²) >= 11 is 0. The SMILES string of the molecule is COC(CN1CCC(n2cc(Nc3ncc(C)n4ccnc34)cn2)CC1)OC. The van der Waals surface area contributed by atoms with Crippen LogP contribution in [0.25, 0.3) is 5.65 Å². The number of aromatic nitrogens is 5. The van der Waals surface area contributed by atoms with Crippen molar-refractivity contribution in [2.75, 3.05) is 39.2 Å². The van der Waals surface area contributed by atoms with Crippen LogP contribution in [-0.4, -0.2) is 69.2 Å². The Morgan fingerprint density at radius 3 is 2.71 bits per heavy atom. The molecule has 0 spiro atoms. The minimum Gasteiger partial charge on any atom is -0.355 e. The van der Waals surface area contributed by atoms with Crippen molar-refractivity contribution in [3.63, 3.8) is 0 Å². The van der Waals surface area contributed by atoms with Gasteiger partial charge in [-0.25, -0.2) is 9.97 Å². The summed E-state index contributed by atoms with van der Waals surface area (Å²) in [6, 6.07) is 0.396. The van der Waals surface area contributed by atoms with Gasteiger partial charge in [-0.05, 0) is 19.8 Å². The first-order chi connectivity index (χ1) is 13.7. The van der Waals surface area contributed by atoms with E-state index in [0.717, 1.165) is 55.3 Å². The summed E-state index contributed by atoms with van der Waals surface area (Å²) < 4.78 is 14.7. The third kappa shape index (κ3) is 3.87. The lowest BCUT2D eigenvalue weighted by Crippen LogP contribution is -2.40. The van der Waals surface area contributed by atoms with Gasteiger partial charge in [-0.1, -0.05) is 0 Å². The van der Waals surface area contributed by atoms with Gasteiger partial charge >= 0.3 is 0 Å². The summed E-state index contributed by atoms with van der Waals surface area (Å²) in [5, 5.41) is 7.92. The van der Waals surface area contributed by atoms with E-state index in [9.17, 15) is 0 Å². The lowest BCUT2D eigenvalue weighted by atomic mass is 10.1. The molecule has 1 saturated heterocycles. The molecule has 4 rings (SSSR count). The Bertz CT molecular complexity index is 910. The largest absolute Gasteiger partial charge is 0.355 e. The van der Waals surface area contributed by atoms with Crippen LogP contribution in [0.3, 0.4) is 0 Å². The molecule has 0 amide bonds. The Morgan fingerprint density at radius 1 is 1.18 bits per heavy atom. The molecule has 0 aromatic carbocycles. The molecular weight excluding hydrogens is 358 g/mol. The number of rotatable bonds is 7. The number of hydrogen-bond donors (Lipinski definition) is 1. The third-order valence-corrected chi connectivity index (χ3v) is 5.34. The minimum atomic E-state index is -0.168. The van der Waals surface area contributed by atoms with E-state index >= 15 is 0 Å². The summed E-state index contributed by atoms with van der Waals surface area (Å²) in [7, 11) is 3.36. The third-order valence-electron chi connectivity index (χ3n) is 5.34. The predicted molar refractivity (Wildman–Crippen MR) is 106 cm³/mol. The highest BCUT2D eigenvalue weighted by molar-refractivity contribution is 5.69. The van der Waals surface area contributed by atoms with Gasteiger partial charge in [-0.15, -0.1) is 0 Å². The number of methoxy groups -OCH3 is 2. The molecule has 9 heteroatoms. The van der Waals surface area contributed by atoms with Crippen molar-refractivity contribution in [1.29, 1.82) is 0 Å². The van der Waals surface area contributed by atoms with E-state index in [1.807, 2.05) is 29.9 Å². The summed E-state index contributed by atoms with van der Waals surface area (Å²) in [6.07, 6.45) is 11.4. The van der Waals surface area contributed by atoms with Crippen molar-refractivity contribution >= 4 is 17.2 Å². The number of piperidine rings is 1. The van der Waals surface area contributed by atoms with Crippen molar-refractivity contribution < 1.29 is 9.47 Å². The molecule has 150 valence electrons. The van der Waals surface area contributed by atoms with Gasteiger partial charge in [0.05, 0.1) is 17.9 Å². The fraction of sp³-hybridized carbons (Fsp3) is 0.526. The van der Waals surface area contributed by atoms with Gasteiger partial charge in [0.2, 0.25) is 0 Å². The highest BCUT2D eigenvalue weighted by Crippen LogP contribution is 2.25. The molecule has 4 heterocycles. The number of nitrogens with zero attached hydrogens (tertiary/aromatic N) is 6. The first-order valence-electron chi connectivity index (χ1n) is 9.55. The van der Waals surface area contributed by atoms with E-state index in [4.69, 9.17) is 9.47 Å². The van der Waals surface area contributed by atoms with Crippen LogP contribution in [0.5, 0.6) is 0 Å². The Morgan fingerprint density at radius 2 is 1.96 bits per heavy atom. The molecule has 9 nitrogen and oxygen atoms in total. The van der Waals surface area contributed by atoms with Crippen LogP contribution in [-0.2, 0) is 9.47 Å². The Kier molecular flexibility index (Phi) is 5.56. The molecular formula is C19H27N7O2. The van der Waals surface area contributed by atoms with Crippen molar-refractivity contribution in [2.24, 2.45) is 0 Å². The van der Waals surface area contributed by atoms with Crippen LogP contribution in [0.15, 0.2) is 31.0 Å². The minimum absolute atomic E-state index is 0.168. The maximum atomic E-state index is 5.30. The zero-order chi connectivity index (χ0) is 19.5. The summed E-state index contributed by atoms with van der Waals surface area (Å²) in [5.74, 6) is 0.732. The molecule has 28 heavy (non-hydrogen) atoms. The maximum absolute atomic E-state index is 5.30. The van der Waals surface area contributed by atoms with E-state index in [2.05, 4.69) is 36.2 Å². The van der Waals surface area contributed by atoms with Gasteiger partial charge in [-0.3, -0.25) is 14.0 Å². The number of nitrogens with one attached hydrogen (secondary N) is 1. The second-order valence-electron chi connectivity index (χ2n) is 7.14. The second kappa shape index (κ2) is 8.26. The molecule has 1 aliphatic rings. The summed E-state index contributed by atoms with van der Waals surface area (Å²) in [5.41, 5.74) is 2.78. The van der Waals surface area contributed by atoms with Crippen molar-refractivity contribution in [3.8, 4) is 0 Å². The molecule has 0 aliphatic carbocycles. The number of likely N-dealkylation sites (tertiary alicyclic amines) is 1. The van der Waals surface area contributed by atoms with Crippen LogP contribution < -0.4 is 5.32 Å². The second-order valence-corrected chi connectivity index (χ2v) is 7.14. The van der Waals surface area contributed by atoms with Crippen molar-refractivity contribution in [1.82, 2.24) is 29.0 Å². The van der Waals surface area contributed by atoms with Crippen LogP contribution in [0.1, 0.15) is 24.6 Å². The number of imidazole rings is 1. The van der Waals surface area contributed by atoms with E-state index in [1.165, 1.54) is 0 Å². The average molecular weight is 385 g/mol. The Hall–Kier alpha value is -2.49. The zero-order valence-corrected chi connectivity index (χ0v) is 16.6. The summed E-state index contributed by atoms with van der Waals surface area (Å²) in [4.78, 5) is 11.3. The molecule has 0 bridgehead atoms. The predicted octanol–water partition coefficient (Wildman–Crippen LogP) is 2.23. The number of ether oxygens (including phenoxy) is 2. The number of anilines is 2. The fourth-order valence-corrected chi connectivity index (χ4v) is 3.69. The summed E-state index contributed by atoms with van der Waals surface area (Å²) in [6.45, 7) is 4.82. The molecule has 0 unspecified atom stereocenters. The smallest absolute Gasteiger partial charge is 0.180 e. The lowest BCUT2D eigenvalue weighted by Gasteiger charge is -2.33. The molecule has 0 saturated carbocycles. The first-order valence-corrected chi connectivity index (χ1v) is 9.55. The number of aryl methyl sites for hydroxylation is 1. The molecule has 0 radical (unpaired) electrons. The zero-order valence-electron chi connectivity index (χ0n) is 16.6. The van der Waals surface area contributed by atoms with E-state index in [-0.39, 0.29) is 6.29 Å². The fourth-order valence-electron chi connectivity index (χ4n) is 3.69. The normalized spacial score (nSPS) is 16.3. The van der Waals surface area contributed by atoms with Crippen LogP contribution in [0.4, 0.5) is 11.5 Å². The lowest BCUT2D eigenvalue weighted by molar-refractivity contribution is -0.118. The van der Waals surface area contributed by atoms with Crippen LogP contribution in [0.2, 0.25) is 0 Å². The van der Waals surface area contributed by atoms with Crippen LogP contribution >= 0.6 is 0 Å². The standard InChI is InChI=1S/C19H27N7O2/c1-14-10-21-18(19-20-6-9-25(14)19)23-15-11-22-26(12-15)16-4-7-24(8-5-16)13-17(27-2)28-3/h6,9-12,16-17H,4-5,7-8,13H2,1-3H3,(H,21,23). The van der Waals surface area contributed by atoms with E-state index in [1.54, 1.807) is 20.4 Å². The Balaban J connectivity index is 1.38. The Labute approximate surface area is 164 Å². The van der Waals surface area contributed by atoms with Crippen molar-refractivity contribution in [3.05, 3.63) is 36.7 Å². The van der Waals surface area contributed by atoms with Gasteiger partial charge < -0.3 is 14.8 Å². The molecule has 1 aliphatic heterocycles. The van der Waals surface area contributed by atoms with Gasteiger partial charge in [0, 0.05) is 64.3 Å². The van der Waals surface area contributed by atoms with Crippen LogP contribution in [0, 0.1) is 6.92 Å². The first kappa shape index (κ1) is 18.9. The maximum Gasteiger partial charge on any atom is 0.180 e. The van der Waals surface area contributed by atoms with E-state index < -0.39 is 0 Å². The number of fused-ring (bicyclic) bond motifs is 1. The molecule has 1 fully saturated rings. The molecule has 3 aromatic heterocycles.